The molecule has 1 saturated carbocycles. The van der Waals surface area contributed by atoms with Gasteiger partial charge < -0.3 is 14.4 Å². The van der Waals surface area contributed by atoms with Crippen LogP contribution >= 0.6 is 22.7 Å². The van der Waals surface area contributed by atoms with Gasteiger partial charge in [-0.15, -0.1) is 22.7 Å². The molecule has 1 N–H and O–H groups in total. The molecule has 0 aliphatic heterocycles. The first-order valence-corrected chi connectivity index (χ1v) is 15.6. The number of amides is 2. The second-order valence-electron chi connectivity index (χ2n) is 10.0. The van der Waals surface area contributed by atoms with Gasteiger partial charge in [-0.25, -0.2) is 4.98 Å². The zero-order valence-electron chi connectivity index (χ0n) is 22.1. The first-order chi connectivity index (χ1) is 19.1. The van der Waals surface area contributed by atoms with Crippen molar-refractivity contribution in [3.8, 4) is 11.5 Å². The second kappa shape index (κ2) is 13.4. The van der Waals surface area contributed by atoms with E-state index in [1.807, 2.05) is 58.1 Å². The lowest BCUT2D eigenvalue weighted by molar-refractivity contribution is -0.134. The molecule has 1 aliphatic rings. The number of unbranched alkanes of at least 4 members (excludes halogenated alkanes) is 1. The van der Waals surface area contributed by atoms with Gasteiger partial charge in [0, 0.05) is 42.9 Å². The Hall–Kier alpha value is -3.01. The van der Waals surface area contributed by atoms with E-state index in [4.69, 9.17) is 9.40 Å². The fourth-order valence-electron chi connectivity index (χ4n) is 5.26. The van der Waals surface area contributed by atoms with Gasteiger partial charge in [-0.05, 0) is 55.7 Å². The van der Waals surface area contributed by atoms with Crippen LogP contribution in [0.4, 0.5) is 5.13 Å². The van der Waals surface area contributed by atoms with E-state index in [1.165, 1.54) is 29.1 Å². The number of furan rings is 1. The standard InChI is InChI=1S/C30H35N3O4S2/c34-18-7-6-16-32(23-11-2-1-3-12-23)28(35)15-8-17-33(29(36)27-14-9-19-38-27)30-31-24(21-39-30)26-20-22-10-4-5-13-25(22)37-26/h4-5,9-10,13-14,19-21,23,34H,1-3,6-8,11-12,15-18H2. The van der Waals surface area contributed by atoms with E-state index in [9.17, 15) is 14.7 Å². The summed E-state index contributed by atoms with van der Waals surface area (Å²) in [4.78, 5) is 36.0. The lowest BCUT2D eigenvalue weighted by Crippen LogP contribution is -2.42. The van der Waals surface area contributed by atoms with Gasteiger partial charge >= 0.3 is 0 Å². The highest BCUT2D eigenvalue weighted by atomic mass is 32.1. The van der Waals surface area contributed by atoms with Crippen LogP contribution in [0.1, 0.15) is 67.5 Å². The maximum Gasteiger partial charge on any atom is 0.270 e. The number of nitrogens with zero attached hydrogens (tertiary/aromatic N) is 3. The Kier molecular flexibility index (Phi) is 9.44. The summed E-state index contributed by atoms with van der Waals surface area (Å²) < 4.78 is 5.99. The SMILES string of the molecule is O=C(c1cccs1)N(CCCC(=O)N(CCCCO)C1CCCCC1)c1nc(-c2cc3ccccc3o2)cs1. The predicted octanol–water partition coefficient (Wildman–Crippen LogP) is 6.98. The summed E-state index contributed by atoms with van der Waals surface area (Å²) >= 11 is 2.82. The molecule has 39 heavy (non-hydrogen) atoms. The van der Waals surface area contributed by atoms with Crippen molar-refractivity contribution in [1.29, 1.82) is 0 Å². The van der Waals surface area contributed by atoms with Gasteiger partial charge in [-0.1, -0.05) is 43.5 Å². The summed E-state index contributed by atoms with van der Waals surface area (Å²) in [7, 11) is 0. The van der Waals surface area contributed by atoms with Crippen molar-refractivity contribution in [1.82, 2.24) is 9.88 Å². The monoisotopic (exact) mass is 565 g/mol. The number of aliphatic hydroxyl groups excluding tert-OH is 1. The summed E-state index contributed by atoms with van der Waals surface area (Å²) in [6, 6.07) is 13.8. The molecule has 0 bridgehead atoms. The Balaban J connectivity index is 1.29. The van der Waals surface area contributed by atoms with Crippen LogP contribution in [0.5, 0.6) is 0 Å². The Morgan fingerprint density at radius 3 is 2.62 bits per heavy atom. The van der Waals surface area contributed by atoms with E-state index in [1.54, 1.807) is 4.90 Å². The molecule has 2 amide bonds. The second-order valence-corrected chi connectivity index (χ2v) is 11.8. The van der Waals surface area contributed by atoms with Crippen LogP contribution in [0.25, 0.3) is 22.4 Å². The molecule has 1 aromatic carbocycles. The number of thiazole rings is 1. The minimum absolute atomic E-state index is 0.102. The minimum atomic E-state index is -0.102. The molecule has 3 aromatic heterocycles. The quantitative estimate of drug-likeness (QED) is 0.187. The molecule has 4 aromatic rings. The van der Waals surface area contributed by atoms with Crippen molar-refractivity contribution in [3.05, 3.63) is 58.1 Å². The van der Waals surface area contributed by atoms with Gasteiger partial charge in [0.05, 0.1) is 4.88 Å². The zero-order chi connectivity index (χ0) is 27.0. The van der Waals surface area contributed by atoms with E-state index in [0.29, 0.717) is 59.9 Å². The number of thiophene rings is 1. The van der Waals surface area contributed by atoms with Crippen LogP contribution in [0, 0.1) is 0 Å². The average Bonchev–Trinajstić information content (AvgIpc) is 3.74. The average molecular weight is 566 g/mol. The van der Waals surface area contributed by atoms with Crippen molar-refractivity contribution >= 4 is 50.6 Å². The molecule has 1 aliphatic carbocycles. The van der Waals surface area contributed by atoms with Crippen LogP contribution in [0.2, 0.25) is 0 Å². The van der Waals surface area contributed by atoms with Gasteiger partial charge in [0.2, 0.25) is 5.91 Å². The summed E-state index contributed by atoms with van der Waals surface area (Å²) in [5, 5.41) is 14.6. The summed E-state index contributed by atoms with van der Waals surface area (Å²) in [6.45, 7) is 1.25. The fourth-order valence-corrected chi connectivity index (χ4v) is 6.77. The molecule has 9 heteroatoms. The molecule has 0 spiro atoms. The van der Waals surface area contributed by atoms with Crippen LogP contribution in [-0.2, 0) is 4.79 Å². The number of benzene rings is 1. The molecule has 0 radical (unpaired) electrons. The van der Waals surface area contributed by atoms with Gasteiger partial charge in [0.15, 0.2) is 10.9 Å². The number of hydrogen-bond acceptors (Lipinski definition) is 7. The molecular formula is C30H35N3O4S2. The van der Waals surface area contributed by atoms with Crippen LogP contribution in [0.15, 0.2) is 57.6 Å². The Morgan fingerprint density at radius 2 is 1.85 bits per heavy atom. The first kappa shape index (κ1) is 27.6. The first-order valence-electron chi connectivity index (χ1n) is 13.8. The lowest BCUT2D eigenvalue weighted by atomic mass is 9.93. The van der Waals surface area contributed by atoms with Gasteiger partial charge in [-0.3, -0.25) is 14.5 Å². The number of rotatable bonds is 12. The molecule has 5 rings (SSSR count). The van der Waals surface area contributed by atoms with E-state index >= 15 is 0 Å². The molecule has 1 fully saturated rings. The minimum Gasteiger partial charge on any atom is -0.454 e. The normalized spacial score (nSPS) is 14.1. The predicted molar refractivity (Wildman–Crippen MR) is 157 cm³/mol. The molecule has 0 saturated heterocycles. The van der Waals surface area contributed by atoms with E-state index in [-0.39, 0.29) is 18.4 Å². The Bertz CT molecular complexity index is 1320. The number of aliphatic hydroxyl groups is 1. The molecule has 0 unspecified atom stereocenters. The lowest BCUT2D eigenvalue weighted by Gasteiger charge is -2.35. The topological polar surface area (TPSA) is 86.9 Å². The summed E-state index contributed by atoms with van der Waals surface area (Å²) in [5.74, 6) is 0.712. The number of hydrogen-bond donors (Lipinski definition) is 1. The van der Waals surface area contributed by atoms with Crippen molar-refractivity contribution in [2.45, 2.75) is 63.8 Å². The highest BCUT2D eigenvalue weighted by Gasteiger charge is 2.26. The maximum absolute atomic E-state index is 13.5. The molecule has 7 nitrogen and oxygen atoms in total. The van der Waals surface area contributed by atoms with Crippen LogP contribution in [-0.4, -0.2) is 52.5 Å². The van der Waals surface area contributed by atoms with Crippen molar-refractivity contribution in [2.24, 2.45) is 0 Å². The molecule has 3 heterocycles. The molecular weight excluding hydrogens is 530 g/mol. The van der Waals surface area contributed by atoms with Gasteiger partial charge in [0.25, 0.3) is 5.91 Å². The zero-order valence-corrected chi connectivity index (χ0v) is 23.7. The Morgan fingerprint density at radius 1 is 1.00 bits per heavy atom. The number of carbonyl (C=O) groups is 2. The van der Waals surface area contributed by atoms with Crippen molar-refractivity contribution in [3.63, 3.8) is 0 Å². The van der Waals surface area contributed by atoms with Crippen molar-refractivity contribution < 1.29 is 19.1 Å². The third-order valence-electron chi connectivity index (χ3n) is 7.29. The van der Waals surface area contributed by atoms with E-state index in [0.717, 1.165) is 43.1 Å². The van der Waals surface area contributed by atoms with Gasteiger partial charge in [0.1, 0.15) is 11.3 Å². The third kappa shape index (κ3) is 6.77. The largest absolute Gasteiger partial charge is 0.454 e. The smallest absolute Gasteiger partial charge is 0.270 e. The maximum atomic E-state index is 13.5. The third-order valence-corrected chi connectivity index (χ3v) is 9.01. The number of carbonyl (C=O) groups excluding carboxylic acids is 2. The number of para-hydroxylation sites is 1. The summed E-state index contributed by atoms with van der Waals surface area (Å²) in [6.07, 6.45) is 8.12. The Labute approximate surface area is 237 Å². The summed E-state index contributed by atoms with van der Waals surface area (Å²) in [5.41, 5.74) is 1.49. The molecule has 0 atom stereocenters. The number of aromatic nitrogens is 1. The van der Waals surface area contributed by atoms with Crippen molar-refractivity contribution in [2.75, 3.05) is 24.6 Å². The fraction of sp³-hybridized carbons (Fsp3) is 0.433. The number of anilines is 1. The molecule has 206 valence electrons. The van der Waals surface area contributed by atoms with E-state index < -0.39 is 0 Å². The van der Waals surface area contributed by atoms with E-state index in [2.05, 4.69) is 0 Å². The highest BCUT2D eigenvalue weighted by molar-refractivity contribution is 7.14. The van der Waals surface area contributed by atoms with Crippen LogP contribution in [0.3, 0.4) is 0 Å². The van der Waals surface area contributed by atoms with Gasteiger partial charge in [-0.2, -0.15) is 0 Å². The highest BCUT2D eigenvalue weighted by Crippen LogP contribution is 2.33. The number of fused-ring (bicyclic) bond motifs is 1. The van der Waals surface area contributed by atoms with Crippen LogP contribution < -0.4 is 4.90 Å².